The summed E-state index contributed by atoms with van der Waals surface area (Å²) in [5, 5.41) is 4.31. The fraction of sp³-hybridized carbons (Fsp3) is 0.333. The highest BCUT2D eigenvalue weighted by Crippen LogP contribution is 2.42. The van der Waals surface area contributed by atoms with Crippen LogP contribution >= 0.6 is 12.2 Å². The second-order valence-electron chi connectivity index (χ2n) is 7.99. The minimum absolute atomic E-state index is 0.00548. The number of aromatic nitrogens is 2. The number of nitrogens with one attached hydrogen (secondary N) is 1. The van der Waals surface area contributed by atoms with Gasteiger partial charge in [0.1, 0.15) is 5.75 Å². The summed E-state index contributed by atoms with van der Waals surface area (Å²) < 4.78 is 7.62. The molecule has 3 heterocycles. The molecular formula is C24H28N4OS. The molecule has 0 radical (unpaired) electrons. The molecule has 0 spiro atoms. The first kappa shape index (κ1) is 20.4. The topological polar surface area (TPSA) is 42.3 Å². The number of nitrogens with zero attached hydrogens (tertiary/aromatic N) is 3. The lowest BCUT2D eigenvalue weighted by Gasteiger charge is -2.31. The Labute approximate surface area is 183 Å². The Morgan fingerprint density at radius 1 is 1.10 bits per heavy atom. The standard InChI is InChI=1S/C24H28N4OS/c1-15(2)27-23(22(26-24(27)30)21-8-6-7-13-25-21)20-14-16(3)28(17(20)4)18-9-11-19(29-5)12-10-18/h6-15,22-23H,1-5H3,(H,26,30)/t22-,23+/m1/s1. The van der Waals surface area contributed by atoms with Crippen molar-refractivity contribution >= 4 is 17.3 Å². The zero-order valence-electron chi connectivity index (χ0n) is 18.1. The maximum atomic E-state index is 5.74. The Morgan fingerprint density at radius 3 is 2.43 bits per heavy atom. The molecule has 5 nitrogen and oxygen atoms in total. The molecule has 0 aliphatic carbocycles. The third-order valence-electron chi connectivity index (χ3n) is 5.81. The third kappa shape index (κ3) is 3.45. The first-order chi connectivity index (χ1) is 14.4. The van der Waals surface area contributed by atoms with E-state index in [9.17, 15) is 0 Å². The summed E-state index contributed by atoms with van der Waals surface area (Å²) in [6.45, 7) is 8.70. The third-order valence-corrected chi connectivity index (χ3v) is 6.14. The molecule has 0 saturated carbocycles. The summed E-state index contributed by atoms with van der Waals surface area (Å²) in [6.07, 6.45) is 1.84. The van der Waals surface area contributed by atoms with Crippen LogP contribution in [0.3, 0.4) is 0 Å². The fourth-order valence-corrected chi connectivity index (χ4v) is 4.92. The van der Waals surface area contributed by atoms with Crippen LogP contribution in [0.2, 0.25) is 0 Å². The van der Waals surface area contributed by atoms with Gasteiger partial charge in [0.05, 0.1) is 24.9 Å². The quantitative estimate of drug-likeness (QED) is 0.596. The molecule has 1 saturated heterocycles. The van der Waals surface area contributed by atoms with Gasteiger partial charge in [-0.05, 0) is 87.9 Å². The van der Waals surface area contributed by atoms with Gasteiger partial charge in [-0.25, -0.2) is 0 Å². The lowest BCUT2D eigenvalue weighted by Crippen LogP contribution is -2.35. The largest absolute Gasteiger partial charge is 0.497 e. The van der Waals surface area contributed by atoms with Crippen LogP contribution in [0.5, 0.6) is 5.75 Å². The summed E-state index contributed by atoms with van der Waals surface area (Å²) >= 11 is 5.74. The number of aryl methyl sites for hydroxylation is 1. The molecule has 0 unspecified atom stereocenters. The molecule has 6 heteroatoms. The van der Waals surface area contributed by atoms with Gasteiger partial charge in [-0.3, -0.25) is 4.98 Å². The van der Waals surface area contributed by atoms with Gasteiger partial charge in [0, 0.05) is 29.3 Å². The number of methoxy groups -OCH3 is 1. The van der Waals surface area contributed by atoms with Gasteiger partial charge < -0.3 is 19.5 Å². The summed E-state index contributed by atoms with van der Waals surface area (Å²) in [5.74, 6) is 0.855. The lowest BCUT2D eigenvalue weighted by molar-refractivity contribution is 0.269. The molecule has 156 valence electrons. The number of pyridine rings is 1. The molecule has 2 atom stereocenters. The van der Waals surface area contributed by atoms with Crippen molar-refractivity contribution in [3.05, 3.63) is 77.4 Å². The molecule has 1 fully saturated rings. The minimum Gasteiger partial charge on any atom is -0.497 e. The van der Waals surface area contributed by atoms with Gasteiger partial charge in [-0.1, -0.05) is 6.07 Å². The number of hydrogen-bond donors (Lipinski definition) is 1. The van der Waals surface area contributed by atoms with E-state index in [1.165, 1.54) is 17.0 Å². The van der Waals surface area contributed by atoms with Gasteiger partial charge in [-0.15, -0.1) is 0 Å². The number of benzene rings is 1. The molecule has 1 aliphatic rings. The predicted octanol–water partition coefficient (Wildman–Crippen LogP) is 4.88. The zero-order chi connectivity index (χ0) is 21.4. The van der Waals surface area contributed by atoms with E-state index < -0.39 is 0 Å². The monoisotopic (exact) mass is 420 g/mol. The smallest absolute Gasteiger partial charge is 0.170 e. The first-order valence-electron chi connectivity index (χ1n) is 10.3. The van der Waals surface area contributed by atoms with Crippen LogP contribution in [0.25, 0.3) is 5.69 Å². The van der Waals surface area contributed by atoms with Crippen LogP contribution in [0, 0.1) is 13.8 Å². The Kier molecular flexibility index (Phi) is 5.52. The predicted molar refractivity (Wildman–Crippen MR) is 124 cm³/mol. The Morgan fingerprint density at radius 2 is 1.83 bits per heavy atom. The van der Waals surface area contributed by atoms with Crippen molar-refractivity contribution in [3.8, 4) is 11.4 Å². The van der Waals surface area contributed by atoms with Gasteiger partial charge in [0.2, 0.25) is 0 Å². The Bertz CT molecular complexity index is 1040. The fourth-order valence-electron chi connectivity index (χ4n) is 4.47. The van der Waals surface area contributed by atoms with Crippen LogP contribution in [-0.2, 0) is 0 Å². The summed E-state index contributed by atoms with van der Waals surface area (Å²) in [5.41, 5.74) is 5.79. The summed E-state index contributed by atoms with van der Waals surface area (Å²) in [4.78, 5) is 6.93. The second kappa shape index (κ2) is 8.11. The molecular weight excluding hydrogens is 392 g/mol. The van der Waals surface area contributed by atoms with Crippen LogP contribution in [0.15, 0.2) is 54.7 Å². The highest BCUT2D eigenvalue weighted by molar-refractivity contribution is 7.80. The maximum Gasteiger partial charge on any atom is 0.170 e. The van der Waals surface area contributed by atoms with Crippen LogP contribution < -0.4 is 10.1 Å². The van der Waals surface area contributed by atoms with E-state index in [1.807, 2.05) is 30.5 Å². The van der Waals surface area contributed by atoms with Gasteiger partial charge in [0.15, 0.2) is 5.11 Å². The maximum absolute atomic E-state index is 5.74. The van der Waals surface area contributed by atoms with E-state index in [4.69, 9.17) is 17.0 Å². The molecule has 0 amide bonds. The van der Waals surface area contributed by atoms with Gasteiger partial charge >= 0.3 is 0 Å². The molecule has 1 N–H and O–H groups in total. The van der Waals surface area contributed by atoms with E-state index in [2.05, 4.69) is 71.7 Å². The molecule has 1 aliphatic heterocycles. The SMILES string of the molecule is COc1ccc(-n2c(C)cc([C@H]3[C@@H](c4ccccn4)NC(=S)N3C(C)C)c2C)cc1. The van der Waals surface area contributed by atoms with Crippen molar-refractivity contribution in [2.24, 2.45) is 0 Å². The molecule has 4 rings (SSSR count). The lowest BCUT2D eigenvalue weighted by atomic mass is 9.96. The Hall–Kier alpha value is -2.86. The molecule has 3 aromatic rings. The van der Waals surface area contributed by atoms with Gasteiger partial charge in [0.25, 0.3) is 0 Å². The van der Waals surface area contributed by atoms with Gasteiger partial charge in [-0.2, -0.15) is 0 Å². The van der Waals surface area contributed by atoms with Crippen molar-refractivity contribution in [1.29, 1.82) is 0 Å². The number of thiocarbonyl (C=S) groups is 1. The Balaban J connectivity index is 1.82. The normalized spacial score (nSPS) is 18.7. The van der Waals surface area contributed by atoms with Crippen LogP contribution in [0.1, 0.15) is 48.6 Å². The summed E-state index contributed by atoms with van der Waals surface area (Å²) in [6, 6.07) is 16.9. The van der Waals surface area contributed by atoms with Crippen molar-refractivity contribution in [2.45, 2.75) is 45.8 Å². The number of rotatable bonds is 5. The minimum atomic E-state index is 0.00548. The molecule has 30 heavy (non-hydrogen) atoms. The van der Waals surface area contributed by atoms with E-state index in [1.54, 1.807) is 7.11 Å². The van der Waals surface area contributed by atoms with E-state index >= 15 is 0 Å². The summed E-state index contributed by atoms with van der Waals surface area (Å²) in [7, 11) is 1.69. The van der Waals surface area contributed by atoms with Crippen LogP contribution in [-0.4, -0.2) is 32.7 Å². The van der Waals surface area contributed by atoms with Crippen molar-refractivity contribution in [1.82, 2.24) is 19.8 Å². The van der Waals surface area contributed by atoms with Crippen molar-refractivity contribution < 1.29 is 4.74 Å². The number of hydrogen-bond acceptors (Lipinski definition) is 3. The first-order valence-corrected chi connectivity index (χ1v) is 10.7. The molecule has 2 aromatic heterocycles. The van der Waals surface area contributed by atoms with Crippen molar-refractivity contribution in [2.75, 3.05) is 7.11 Å². The molecule has 0 bridgehead atoms. The second-order valence-corrected chi connectivity index (χ2v) is 8.37. The average Bonchev–Trinajstić information content (AvgIpc) is 3.24. The van der Waals surface area contributed by atoms with Crippen molar-refractivity contribution in [3.63, 3.8) is 0 Å². The average molecular weight is 421 g/mol. The number of ether oxygens (including phenoxy) is 1. The van der Waals surface area contributed by atoms with Crippen LogP contribution in [0.4, 0.5) is 0 Å². The molecule has 1 aromatic carbocycles. The zero-order valence-corrected chi connectivity index (χ0v) is 18.9. The van der Waals surface area contributed by atoms with E-state index in [-0.39, 0.29) is 18.1 Å². The van der Waals surface area contributed by atoms with E-state index in [0.29, 0.717) is 0 Å². The van der Waals surface area contributed by atoms with E-state index in [0.717, 1.165) is 22.2 Å². The highest BCUT2D eigenvalue weighted by Gasteiger charge is 2.42. The highest BCUT2D eigenvalue weighted by atomic mass is 32.1.